The number of amides is 1. The van der Waals surface area contributed by atoms with Crippen LogP contribution in [-0.2, 0) is 16.6 Å². The third-order valence-corrected chi connectivity index (χ3v) is 6.82. The van der Waals surface area contributed by atoms with Gasteiger partial charge in [-0.3, -0.25) is 9.10 Å². The molecule has 1 unspecified atom stereocenters. The van der Waals surface area contributed by atoms with Gasteiger partial charge in [-0.1, -0.05) is 45.2 Å². The van der Waals surface area contributed by atoms with Gasteiger partial charge in [-0.2, -0.15) is 0 Å². The Labute approximate surface area is 198 Å². The molecule has 1 amide bonds. The van der Waals surface area contributed by atoms with Gasteiger partial charge in [-0.05, 0) is 42.2 Å². The summed E-state index contributed by atoms with van der Waals surface area (Å²) < 4.78 is 37.0. The van der Waals surface area contributed by atoms with Crippen LogP contribution >= 0.6 is 0 Å². The Morgan fingerprint density at radius 1 is 1.06 bits per heavy atom. The Hall–Kier alpha value is -2.74. The van der Waals surface area contributed by atoms with Gasteiger partial charge in [0.1, 0.15) is 11.5 Å². The van der Waals surface area contributed by atoms with Gasteiger partial charge in [0.2, 0.25) is 10.0 Å². The molecular formula is C25H36N2O5S. The quantitative estimate of drug-likeness (QED) is 0.456. The summed E-state index contributed by atoms with van der Waals surface area (Å²) in [7, 11) is -0.571. The molecule has 1 N–H and O–H groups in total. The van der Waals surface area contributed by atoms with E-state index in [1.165, 1.54) is 24.9 Å². The van der Waals surface area contributed by atoms with Gasteiger partial charge >= 0.3 is 0 Å². The molecule has 0 saturated heterocycles. The number of anilines is 1. The normalized spacial score (nSPS) is 12.2. The summed E-state index contributed by atoms with van der Waals surface area (Å²) in [6.45, 7) is 5.09. The molecule has 182 valence electrons. The van der Waals surface area contributed by atoms with Crippen molar-refractivity contribution in [1.82, 2.24) is 5.32 Å². The van der Waals surface area contributed by atoms with Crippen LogP contribution in [0.2, 0.25) is 0 Å². The highest BCUT2D eigenvalue weighted by Crippen LogP contribution is 2.34. The third-order valence-electron chi connectivity index (χ3n) is 5.69. The molecule has 0 spiro atoms. The van der Waals surface area contributed by atoms with E-state index in [1.807, 2.05) is 0 Å². The van der Waals surface area contributed by atoms with Gasteiger partial charge in [0.15, 0.2) is 0 Å². The Kier molecular flexibility index (Phi) is 10.0. The van der Waals surface area contributed by atoms with E-state index in [0.29, 0.717) is 35.2 Å². The monoisotopic (exact) mass is 476 g/mol. The van der Waals surface area contributed by atoms with Crippen LogP contribution < -0.4 is 19.1 Å². The number of nitrogens with zero attached hydrogens (tertiary/aromatic N) is 1. The number of rotatable bonds is 13. The third kappa shape index (κ3) is 7.67. The molecule has 0 fully saturated rings. The molecule has 1 atom stereocenters. The topological polar surface area (TPSA) is 84.9 Å². The lowest BCUT2D eigenvalue weighted by Crippen LogP contribution is -2.30. The smallest absolute Gasteiger partial charge is 0.251 e. The number of carbonyl (C=O) groups excluding carboxylic acids is 1. The van der Waals surface area contributed by atoms with Crippen LogP contribution in [0, 0.1) is 5.92 Å². The molecule has 0 aliphatic rings. The molecule has 33 heavy (non-hydrogen) atoms. The van der Waals surface area contributed by atoms with E-state index >= 15 is 0 Å². The zero-order valence-electron chi connectivity index (χ0n) is 20.3. The number of carbonyl (C=O) groups is 1. The fraction of sp³-hybridized carbons (Fsp3) is 0.480. The van der Waals surface area contributed by atoms with Crippen molar-refractivity contribution in [2.45, 2.75) is 46.1 Å². The Morgan fingerprint density at radius 3 is 2.30 bits per heavy atom. The summed E-state index contributed by atoms with van der Waals surface area (Å²) in [5.74, 6) is 1.33. The van der Waals surface area contributed by atoms with Crippen molar-refractivity contribution in [3.05, 3.63) is 53.6 Å². The molecule has 0 radical (unpaired) electrons. The second kappa shape index (κ2) is 12.5. The first-order valence-electron chi connectivity index (χ1n) is 11.3. The average molecular weight is 477 g/mol. The van der Waals surface area contributed by atoms with Crippen LogP contribution in [0.25, 0.3) is 0 Å². The molecule has 0 heterocycles. The van der Waals surface area contributed by atoms with Crippen LogP contribution in [-0.4, -0.2) is 41.3 Å². The van der Waals surface area contributed by atoms with Crippen LogP contribution in [0.5, 0.6) is 11.5 Å². The minimum atomic E-state index is -3.59. The van der Waals surface area contributed by atoms with Gasteiger partial charge < -0.3 is 14.8 Å². The highest BCUT2D eigenvalue weighted by Gasteiger charge is 2.22. The van der Waals surface area contributed by atoms with Crippen molar-refractivity contribution in [2.75, 3.05) is 31.3 Å². The van der Waals surface area contributed by atoms with E-state index in [4.69, 9.17) is 9.47 Å². The molecule has 2 aromatic rings. The van der Waals surface area contributed by atoms with Crippen LogP contribution in [0.1, 0.15) is 55.5 Å². The predicted molar refractivity (Wildman–Crippen MR) is 133 cm³/mol. The van der Waals surface area contributed by atoms with E-state index < -0.39 is 10.0 Å². The zero-order chi connectivity index (χ0) is 24.4. The largest absolute Gasteiger partial charge is 0.497 e. The Bertz CT molecular complexity index is 1010. The van der Waals surface area contributed by atoms with Crippen LogP contribution in [0.3, 0.4) is 0 Å². The minimum absolute atomic E-state index is 0.109. The highest BCUT2D eigenvalue weighted by atomic mass is 32.2. The molecule has 7 nitrogen and oxygen atoms in total. The van der Waals surface area contributed by atoms with Crippen LogP contribution in [0.15, 0.2) is 42.5 Å². The lowest BCUT2D eigenvalue weighted by molar-refractivity contribution is 0.0946. The molecule has 8 heteroatoms. The number of nitrogens with one attached hydrogen (secondary N) is 1. The van der Waals surface area contributed by atoms with Crippen LogP contribution in [0.4, 0.5) is 5.69 Å². The van der Waals surface area contributed by atoms with Gasteiger partial charge in [0.05, 0.1) is 32.7 Å². The van der Waals surface area contributed by atoms with E-state index in [2.05, 4.69) is 19.2 Å². The van der Waals surface area contributed by atoms with Crippen molar-refractivity contribution in [1.29, 1.82) is 0 Å². The van der Waals surface area contributed by atoms with Crippen molar-refractivity contribution in [2.24, 2.45) is 5.92 Å². The average Bonchev–Trinajstić information content (AvgIpc) is 2.81. The molecular weight excluding hydrogens is 440 g/mol. The highest BCUT2D eigenvalue weighted by molar-refractivity contribution is 7.92. The second-order valence-electron chi connectivity index (χ2n) is 8.13. The number of ether oxygens (including phenoxy) is 2. The summed E-state index contributed by atoms with van der Waals surface area (Å²) in [5.41, 5.74) is 1.72. The maximum Gasteiger partial charge on any atom is 0.251 e. The lowest BCUT2D eigenvalue weighted by atomic mass is 9.99. The first kappa shape index (κ1) is 26.5. The summed E-state index contributed by atoms with van der Waals surface area (Å²) in [6, 6.07) is 12.0. The Balaban J connectivity index is 2.15. The number of unbranched alkanes of at least 4 members (excludes halogenated alkanes) is 1. The molecule has 0 bridgehead atoms. The molecule has 0 aliphatic carbocycles. The van der Waals surface area contributed by atoms with E-state index in [9.17, 15) is 13.2 Å². The number of methoxy groups -OCH3 is 2. The van der Waals surface area contributed by atoms with Gasteiger partial charge in [-0.25, -0.2) is 8.42 Å². The molecule has 0 saturated carbocycles. The summed E-state index contributed by atoms with van der Waals surface area (Å²) in [5, 5.41) is 3.02. The van der Waals surface area contributed by atoms with Gasteiger partial charge in [-0.15, -0.1) is 0 Å². The van der Waals surface area contributed by atoms with E-state index in [0.717, 1.165) is 31.1 Å². The zero-order valence-corrected chi connectivity index (χ0v) is 21.1. The van der Waals surface area contributed by atoms with Crippen molar-refractivity contribution < 1.29 is 22.7 Å². The predicted octanol–water partition coefficient (Wildman–Crippen LogP) is 4.62. The molecule has 0 aromatic heterocycles. The number of hydrogen-bond donors (Lipinski definition) is 1. The SMILES string of the molecule is CCCCC(CC)CNC(=O)c1ccc(CN(c2ccc(OC)cc2OC)S(C)(=O)=O)cc1. The minimum Gasteiger partial charge on any atom is -0.497 e. The maximum absolute atomic E-state index is 12.6. The fourth-order valence-corrected chi connectivity index (χ4v) is 4.47. The summed E-state index contributed by atoms with van der Waals surface area (Å²) >= 11 is 0. The summed E-state index contributed by atoms with van der Waals surface area (Å²) in [6.07, 6.45) is 5.62. The fourth-order valence-electron chi connectivity index (χ4n) is 3.58. The Morgan fingerprint density at radius 2 is 1.76 bits per heavy atom. The first-order valence-corrected chi connectivity index (χ1v) is 13.1. The van der Waals surface area contributed by atoms with Crippen molar-refractivity contribution in [3.8, 4) is 11.5 Å². The second-order valence-corrected chi connectivity index (χ2v) is 10.0. The number of benzene rings is 2. The summed E-state index contributed by atoms with van der Waals surface area (Å²) in [4.78, 5) is 12.6. The molecule has 0 aliphatic heterocycles. The standard InChI is InChI=1S/C25H36N2O5S/c1-6-8-9-19(7-2)17-26-25(28)21-12-10-20(11-13-21)18-27(33(5,29)30)23-15-14-22(31-3)16-24(23)32-4/h10-16,19H,6-9,17-18H2,1-5H3,(H,26,28). The van der Waals surface area contributed by atoms with Crippen molar-refractivity contribution >= 4 is 21.6 Å². The van der Waals surface area contributed by atoms with Crippen molar-refractivity contribution in [3.63, 3.8) is 0 Å². The lowest BCUT2D eigenvalue weighted by Gasteiger charge is -2.24. The number of sulfonamides is 1. The molecule has 2 rings (SSSR count). The first-order chi connectivity index (χ1) is 15.7. The van der Waals surface area contributed by atoms with E-state index in [-0.39, 0.29) is 12.5 Å². The van der Waals surface area contributed by atoms with E-state index in [1.54, 1.807) is 42.5 Å². The van der Waals surface area contributed by atoms with Gasteiger partial charge in [0, 0.05) is 18.2 Å². The maximum atomic E-state index is 12.6. The number of hydrogen-bond acceptors (Lipinski definition) is 5. The van der Waals surface area contributed by atoms with Gasteiger partial charge in [0.25, 0.3) is 5.91 Å². The molecule has 2 aromatic carbocycles.